The molecule has 47 heavy (non-hydrogen) atoms. The van der Waals surface area contributed by atoms with Crippen LogP contribution in [0.15, 0.2) is 75.2 Å². The normalized spacial score (nSPS) is 29.9. The van der Waals surface area contributed by atoms with E-state index in [-0.39, 0.29) is 34.5 Å². The van der Waals surface area contributed by atoms with E-state index in [2.05, 4.69) is 31.9 Å². The zero-order valence-corrected chi connectivity index (χ0v) is 29.6. The standard InChI is InChI=1S/C33H22Br2Cl3FN2O6/c1-47-22-12-20(25(34)26(35)27(22)42)24-18-10-11-19-23(29(44)40(28(19)43)16-6-2-14(36)3-7-16)21(18)13-32(37)30(45)41(31(46)33(24,32)38)17-8-4-15(39)5-9-17/h2-10,12,19,21,23-24,42H,11,13H2,1H3. The van der Waals surface area contributed by atoms with E-state index < -0.39 is 62.9 Å². The van der Waals surface area contributed by atoms with E-state index in [0.717, 1.165) is 21.9 Å². The third-order valence-electron chi connectivity index (χ3n) is 9.69. The summed E-state index contributed by atoms with van der Waals surface area (Å²) in [5, 5.41) is 11.2. The largest absolute Gasteiger partial charge is 0.503 e. The number of methoxy groups -OCH3 is 1. The highest BCUT2D eigenvalue weighted by Gasteiger charge is 2.77. The molecule has 2 heterocycles. The summed E-state index contributed by atoms with van der Waals surface area (Å²) in [4.78, 5) is 54.7. The van der Waals surface area contributed by atoms with Crippen LogP contribution in [-0.4, -0.2) is 45.6 Å². The van der Waals surface area contributed by atoms with Crippen LogP contribution in [0.3, 0.4) is 0 Å². The molecule has 8 nitrogen and oxygen atoms in total. The third-order valence-corrected chi connectivity index (χ3v) is 13.5. The number of halogens is 6. The van der Waals surface area contributed by atoms with Gasteiger partial charge in [0.2, 0.25) is 11.8 Å². The Morgan fingerprint density at radius 1 is 0.894 bits per heavy atom. The maximum absolute atomic E-state index is 14.6. The van der Waals surface area contributed by atoms with E-state index in [1.807, 2.05) is 0 Å². The topological polar surface area (TPSA) is 104 Å². The van der Waals surface area contributed by atoms with Crippen LogP contribution in [0.1, 0.15) is 24.3 Å². The van der Waals surface area contributed by atoms with Gasteiger partial charge in [-0.25, -0.2) is 9.29 Å². The number of phenols is 1. The molecule has 3 aromatic rings. The third kappa shape index (κ3) is 4.42. The zero-order chi connectivity index (χ0) is 33.7. The number of benzene rings is 3. The SMILES string of the molecule is COc1cc(C2C3=CCC4C(=O)N(c5ccc(Cl)cc5)C(=O)C4C3CC3(Cl)C(=O)N(c4ccc(F)cc4)C(=O)C23Cl)c(Br)c(Br)c1O. The van der Waals surface area contributed by atoms with Crippen molar-refractivity contribution in [2.24, 2.45) is 17.8 Å². The highest BCUT2D eigenvalue weighted by Crippen LogP contribution is 2.67. The van der Waals surface area contributed by atoms with Crippen molar-refractivity contribution in [2.45, 2.75) is 28.5 Å². The molecule has 2 saturated heterocycles. The Hall–Kier alpha value is -2.96. The second-order valence-electron chi connectivity index (χ2n) is 11.9. The summed E-state index contributed by atoms with van der Waals surface area (Å²) < 4.78 is 19.8. The molecule has 1 saturated carbocycles. The summed E-state index contributed by atoms with van der Waals surface area (Å²) in [6.07, 6.45) is 1.71. The van der Waals surface area contributed by atoms with Gasteiger partial charge in [0.05, 0.1) is 34.8 Å². The second-order valence-corrected chi connectivity index (χ2v) is 15.1. The molecule has 1 N–H and O–H groups in total. The number of fused-ring (bicyclic) bond motifs is 4. The molecule has 0 aromatic heterocycles. The quantitative estimate of drug-likeness (QED) is 0.166. The molecule has 2 aliphatic heterocycles. The van der Waals surface area contributed by atoms with Crippen molar-refractivity contribution < 1.29 is 33.4 Å². The van der Waals surface area contributed by atoms with E-state index >= 15 is 0 Å². The first-order valence-electron chi connectivity index (χ1n) is 14.4. The van der Waals surface area contributed by atoms with E-state index in [1.165, 1.54) is 25.3 Å². The number of carbonyl (C=O) groups is 4. The number of phenolic OH excluding ortho intramolecular Hbond substituents is 1. The number of alkyl halides is 2. The summed E-state index contributed by atoms with van der Waals surface area (Å²) >= 11 is 27.8. The van der Waals surface area contributed by atoms with Gasteiger partial charge in [-0.15, -0.1) is 23.2 Å². The molecular formula is C33H22Br2Cl3FN2O6. The minimum Gasteiger partial charge on any atom is -0.503 e. The molecule has 2 aliphatic carbocycles. The van der Waals surface area contributed by atoms with Crippen LogP contribution >= 0.6 is 66.7 Å². The van der Waals surface area contributed by atoms with E-state index in [9.17, 15) is 28.7 Å². The molecule has 3 aromatic carbocycles. The molecule has 7 rings (SSSR count). The first-order valence-corrected chi connectivity index (χ1v) is 17.1. The van der Waals surface area contributed by atoms with E-state index in [1.54, 1.807) is 30.3 Å². The number of carbonyl (C=O) groups excluding carboxylic acids is 4. The van der Waals surface area contributed by atoms with Crippen molar-refractivity contribution >= 4 is 102 Å². The van der Waals surface area contributed by atoms with E-state index in [4.69, 9.17) is 39.5 Å². The number of rotatable bonds is 4. The van der Waals surface area contributed by atoms with Gasteiger partial charge in [-0.2, -0.15) is 0 Å². The number of aromatic hydroxyl groups is 1. The van der Waals surface area contributed by atoms with Crippen molar-refractivity contribution in [3.8, 4) is 11.5 Å². The molecule has 3 fully saturated rings. The average Bonchev–Trinajstić information content (AvgIpc) is 3.39. The number of allylic oxidation sites excluding steroid dienone is 2. The lowest BCUT2D eigenvalue weighted by Gasteiger charge is -2.51. The Bertz CT molecular complexity index is 1940. The number of anilines is 2. The minimum atomic E-state index is -2.17. The summed E-state index contributed by atoms with van der Waals surface area (Å²) in [5.41, 5.74) is 1.30. The number of amides is 4. The monoisotopic (exact) mass is 824 g/mol. The van der Waals surface area contributed by atoms with Gasteiger partial charge in [-0.3, -0.25) is 24.1 Å². The highest BCUT2D eigenvalue weighted by atomic mass is 79.9. The van der Waals surface area contributed by atoms with Crippen LogP contribution < -0.4 is 14.5 Å². The number of hydrogen-bond donors (Lipinski definition) is 1. The van der Waals surface area contributed by atoms with Gasteiger partial charge in [0, 0.05) is 15.4 Å². The zero-order valence-electron chi connectivity index (χ0n) is 24.1. The van der Waals surface area contributed by atoms with Gasteiger partial charge in [-0.05, 0) is 111 Å². The first kappa shape index (κ1) is 32.6. The van der Waals surface area contributed by atoms with Crippen LogP contribution in [0, 0.1) is 23.6 Å². The van der Waals surface area contributed by atoms with Crippen LogP contribution in [0.25, 0.3) is 0 Å². The molecule has 242 valence electrons. The van der Waals surface area contributed by atoms with Crippen molar-refractivity contribution in [2.75, 3.05) is 16.9 Å². The fourth-order valence-electron chi connectivity index (χ4n) is 7.57. The maximum Gasteiger partial charge on any atom is 0.258 e. The van der Waals surface area contributed by atoms with Gasteiger partial charge in [0.15, 0.2) is 21.2 Å². The molecule has 0 bridgehead atoms. The number of imide groups is 2. The summed E-state index contributed by atoms with van der Waals surface area (Å²) in [5.74, 6) is -6.98. The molecule has 6 unspecified atom stereocenters. The van der Waals surface area contributed by atoms with Crippen LogP contribution in [0.2, 0.25) is 5.02 Å². The van der Waals surface area contributed by atoms with Crippen molar-refractivity contribution in [1.82, 2.24) is 0 Å². The first-order chi connectivity index (χ1) is 22.3. The fraction of sp³-hybridized carbons (Fsp3) is 0.273. The second kappa shape index (κ2) is 11.3. The Morgan fingerprint density at radius 3 is 2.15 bits per heavy atom. The van der Waals surface area contributed by atoms with Crippen molar-refractivity contribution in [3.05, 3.63) is 91.6 Å². The highest BCUT2D eigenvalue weighted by molar-refractivity contribution is 9.13. The predicted octanol–water partition coefficient (Wildman–Crippen LogP) is 7.49. The summed E-state index contributed by atoms with van der Waals surface area (Å²) in [6, 6.07) is 12.6. The average molecular weight is 828 g/mol. The Morgan fingerprint density at radius 2 is 1.51 bits per heavy atom. The molecule has 0 radical (unpaired) electrons. The Kier molecular flexibility index (Phi) is 7.83. The van der Waals surface area contributed by atoms with E-state index in [0.29, 0.717) is 26.3 Å². The van der Waals surface area contributed by atoms with Gasteiger partial charge >= 0.3 is 0 Å². The molecule has 4 aliphatic rings. The molecule has 14 heteroatoms. The number of hydrogen-bond acceptors (Lipinski definition) is 6. The van der Waals surface area contributed by atoms with Crippen LogP contribution in [0.5, 0.6) is 11.5 Å². The molecule has 6 atom stereocenters. The molecule has 4 amide bonds. The van der Waals surface area contributed by atoms with Crippen molar-refractivity contribution in [3.63, 3.8) is 0 Å². The number of ether oxygens (including phenoxy) is 1. The van der Waals surface area contributed by atoms with Gasteiger partial charge < -0.3 is 9.84 Å². The van der Waals surface area contributed by atoms with Crippen LogP contribution in [0.4, 0.5) is 15.8 Å². The molecule has 0 spiro atoms. The van der Waals surface area contributed by atoms with Gasteiger partial charge in [-0.1, -0.05) is 23.3 Å². The Labute approximate surface area is 299 Å². The smallest absolute Gasteiger partial charge is 0.258 e. The number of nitrogens with zero attached hydrogens (tertiary/aromatic N) is 2. The summed E-state index contributed by atoms with van der Waals surface area (Å²) in [6.45, 7) is 0. The van der Waals surface area contributed by atoms with Crippen molar-refractivity contribution in [1.29, 1.82) is 0 Å². The fourth-order valence-corrected chi connectivity index (χ4v) is 9.57. The molecular weight excluding hydrogens is 806 g/mol. The van der Waals surface area contributed by atoms with Crippen LogP contribution in [-0.2, 0) is 19.2 Å². The lowest BCUT2D eigenvalue weighted by atomic mass is 9.56. The minimum absolute atomic E-state index is 0.0418. The Balaban J connectivity index is 1.44. The summed E-state index contributed by atoms with van der Waals surface area (Å²) in [7, 11) is 1.35. The predicted molar refractivity (Wildman–Crippen MR) is 181 cm³/mol. The maximum atomic E-state index is 14.6. The van der Waals surface area contributed by atoms with Gasteiger partial charge in [0.1, 0.15) is 5.82 Å². The lowest BCUT2D eigenvalue weighted by molar-refractivity contribution is -0.125. The van der Waals surface area contributed by atoms with Gasteiger partial charge in [0.25, 0.3) is 11.8 Å². The lowest BCUT2D eigenvalue weighted by Crippen LogP contribution is -2.60.